The molecule has 1 aliphatic rings. The molecule has 0 spiro atoms. The Morgan fingerprint density at radius 3 is 2.63 bits per heavy atom. The summed E-state index contributed by atoms with van der Waals surface area (Å²) in [5, 5.41) is 6.79. The summed E-state index contributed by atoms with van der Waals surface area (Å²) in [4.78, 5) is 9.37. The quantitative estimate of drug-likeness (QED) is 0.518. The monoisotopic (exact) mass is 358 g/mol. The van der Waals surface area contributed by atoms with Gasteiger partial charge in [-0.2, -0.15) is 9.78 Å². The smallest absolute Gasteiger partial charge is 0.169 e. The lowest BCUT2D eigenvalue weighted by Crippen LogP contribution is -2.20. The summed E-state index contributed by atoms with van der Waals surface area (Å²) in [6.45, 7) is 2.02. The number of para-hydroxylation sites is 1. The third-order valence-electron chi connectivity index (χ3n) is 5.34. The van der Waals surface area contributed by atoms with Crippen molar-refractivity contribution >= 4 is 21.9 Å². The summed E-state index contributed by atoms with van der Waals surface area (Å²) < 4.78 is 8.42. The van der Waals surface area contributed by atoms with Gasteiger partial charge in [-0.1, -0.05) is 24.6 Å². The molecule has 136 valence electrons. The molecule has 0 N–H and O–H groups in total. The molecule has 3 heterocycles. The number of benzene rings is 1. The number of hydrogen-bond acceptors (Lipinski definition) is 4. The fourth-order valence-corrected chi connectivity index (χ4v) is 4.01. The van der Waals surface area contributed by atoms with Gasteiger partial charge in [-0.05, 0) is 56.9 Å². The molecule has 1 aliphatic carbocycles. The van der Waals surface area contributed by atoms with Gasteiger partial charge in [-0.25, -0.2) is 9.97 Å². The molecular weight excluding hydrogens is 336 g/mol. The van der Waals surface area contributed by atoms with Crippen molar-refractivity contribution in [2.24, 2.45) is 0 Å². The highest BCUT2D eigenvalue weighted by atomic mass is 16.5. The predicted octanol–water partition coefficient (Wildman–Crippen LogP) is 4.99. The average Bonchev–Trinajstić information content (AvgIpc) is 3.05. The minimum Gasteiger partial charge on any atom is -0.489 e. The van der Waals surface area contributed by atoms with Crippen molar-refractivity contribution in [1.29, 1.82) is 0 Å². The van der Waals surface area contributed by atoms with Crippen molar-refractivity contribution in [3.05, 3.63) is 54.4 Å². The summed E-state index contributed by atoms with van der Waals surface area (Å²) in [6, 6.07) is 14.0. The maximum atomic E-state index is 6.60. The minimum absolute atomic E-state index is 0.269. The normalized spacial score (nSPS) is 15.4. The molecule has 1 aromatic carbocycles. The molecule has 1 saturated carbocycles. The van der Waals surface area contributed by atoms with E-state index in [1.165, 1.54) is 19.3 Å². The van der Waals surface area contributed by atoms with E-state index in [0.717, 1.165) is 52.0 Å². The Labute approximate surface area is 158 Å². The summed E-state index contributed by atoms with van der Waals surface area (Å²) in [7, 11) is 0. The van der Waals surface area contributed by atoms with Crippen molar-refractivity contribution < 1.29 is 4.74 Å². The second kappa shape index (κ2) is 6.65. The lowest BCUT2D eigenvalue weighted by atomic mass is 9.97. The van der Waals surface area contributed by atoms with Crippen LogP contribution < -0.4 is 4.74 Å². The van der Waals surface area contributed by atoms with E-state index in [1.54, 1.807) is 6.20 Å². The van der Waals surface area contributed by atoms with Gasteiger partial charge in [0.1, 0.15) is 5.75 Å². The summed E-state index contributed by atoms with van der Waals surface area (Å²) in [5.74, 6) is 1.68. The van der Waals surface area contributed by atoms with E-state index in [9.17, 15) is 0 Å². The van der Waals surface area contributed by atoms with Gasteiger partial charge in [0.05, 0.1) is 22.7 Å². The van der Waals surface area contributed by atoms with E-state index in [4.69, 9.17) is 14.8 Å². The molecule has 1 fully saturated rings. The van der Waals surface area contributed by atoms with Crippen LogP contribution in [-0.4, -0.2) is 25.9 Å². The van der Waals surface area contributed by atoms with Gasteiger partial charge in [0.25, 0.3) is 0 Å². The first-order valence-corrected chi connectivity index (χ1v) is 9.67. The first-order valence-electron chi connectivity index (χ1n) is 9.67. The molecule has 0 radical (unpaired) electrons. The molecule has 27 heavy (non-hydrogen) atoms. The topological polar surface area (TPSA) is 52.8 Å². The fraction of sp³-hybridized carbons (Fsp3) is 0.318. The van der Waals surface area contributed by atoms with Crippen LogP contribution in [0.5, 0.6) is 5.75 Å². The van der Waals surface area contributed by atoms with Gasteiger partial charge < -0.3 is 4.74 Å². The van der Waals surface area contributed by atoms with E-state index in [0.29, 0.717) is 0 Å². The van der Waals surface area contributed by atoms with Crippen LogP contribution in [0.2, 0.25) is 0 Å². The largest absolute Gasteiger partial charge is 0.489 e. The highest BCUT2D eigenvalue weighted by Gasteiger charge is 2.22. The van der Waals surface area contributed by atoms with Crippen molar-refractivity contribution in [3.63, 3.8) is 0 Å². The number of aromatic nitrogens is 4. The summed E-state index contributed by atoms with van der Waals surface area (Å²) in [5.41, 5.74) is 2.64. The maximum absolute atomic E-state index is 6.60. The van der Waals surface area contributed by atoms with E-state index < -0.39 is 0 Å². The second-order valence-corrected chi connectivity index (χ2v) is 7.22. The zero-order chi connectivity index (χ0) is 18.2. The van der Waals surface area contributed by atoms with Crippen LogP contribution in [0.15, 0.2) is 48.7 Å². The van der Waals surface area contributed by atoms with Crippen LogP contribution >= 0.6 is 0 Å². The Hall–Kier alpha value is -2.95. The van der Waals surface area contributed by atoms with Gasteiger partial charge in [-0.3, -0.25) is 0 Å². The lowest BCUT2D eigenvalue weighted by Gasteiger charge is -2.24. The molecule has 4 aromatic rings. The highest BCUT2D eigenvalue weighted by molar-refractivity contribution is 6.01. The minimum atomic E-state index is 0.269. The standard InChI is InChI=1S/C22H22N4O/c1-15-20-21(27-16-9-3-2-4-10-16)17-11-5-6-12-18(17)24-22(20)26(25-15)19-13-7-8-14-23-19/h5-8,11-14,16H,2-4,9-10H2,1H3. The van der Waals surface area contributed by atoms with Crippen LogP contribution in [-0.2, 0) is 0 Å². The van der Waals surface area contributed by atoms with Gasteiger partial charge in [0.15, 0.2) is 11.5 Å². The van der Waals surface area contributed by atoms with Gasteiger partial charge in [-0.15, -0.1) is 0 Å². The van der Waals surface area contributed by atoms with Crippen molar-refractivity contribution in [3.8, 4) is 11.6 Å². The van der Waals surface area contributed by atoms with Crippen molar-refractivity contribution in [1.82, 2.24) is 19.7 Å². The van der Waals surface area contributed by atoms with Crippen LogP contribution in [0.1, 0.15) is 37.8 Å². The molecule has 0 aliphatic heterocycles. The van der Waals surface area contributed by atoms with E-state index in [2.05, 4.69) is 11.1 Å². The van der Waals surface area contributed by atoms with Gasteiger partial charge >= 0.3 is 0 Å². The fourth-order valence-electron chi connectivity index (χ4n) is 4.01. The zero-order valence-electron chi connectivity index (χ0n) is 15.4. The third-order valence-corrected chi connectivity index (χ3v) is 5.34. The van der Waals surface area contributed by atoms with E-state index in [-0.39, 0.29) is 6.10 Å². The molecule has 3 aromatic heterocycles. The third kappa shape index (κ3) is 2.83. The number of nitrogens with zero attached hydrogens (tertiary/aromatic N) is 4. The molecular formula is C22H22N4O. The molecule has 0 unspecified atom stereocenters. The zero-order valence-corrected chi connectivity index (χ0v) is 15.4. The van der Waals surface area contributed by atoms with Crippen LogP contribution in [0.3, 0.4) is 0 Å². The SMILES string of the molecule is Cc1nn(-c2ccccn2)c2nc3ccccc3c(OC3CCCCC3)c12. The number of rotatable bonds is 3. The Kier molecular flexibility index (Phi) is 4.00. The molecule has 0 amide bonds. The number of aryl methyl sites for hydroxylation is 1. The van der Waals surface area contributed by atoms with Crippen LogP contribution in [0, 0.1) is 6.92 Å². The highest BCUT2D eigenvalue weighted by Crippen LogP contribution is 2.37. The summed E-state index contributed by atoms with van der Waals surface area (Å²) >= 11 is 0. The average molecular weight is 358 g/mol. The van der Waals surface area contributed by atoms with E-state index in [1.807, 2.05) is 48.0 Å². The first-order chi connectivity index (χ1) is 13.3. The second-order valence-electron chi connectivity index (χ2n) is 7.22. The van der Waals surface area contributed by atoms with Crippen molar-refractivity contribution in [2.45, 2.75) is 45.1 Å². The van der Waals surface area contributed by atoms with Gasteiger partial charge in [0, 0.05) is 11.6 Å². The number of fused-ring (bicyclic) bond motifs is 2. The Morgan fingerprint density at radius 1 is 1.00 bits per heavy atom. The number of pyridine rings is 2. The maximum Gasteiger partial charge on any atom is 0.169 e. The van der Waals surface area contributed by atoms with Crippen molar-refractivity contribution in [2.75, 3.05) is 0 Å². The molecule has 0 bridgehead atoms. The van der Waals surface area contributed by atoms with E-state index >= 15 is 0 Å². The Balaban J connectivity index is 1.76. The molecule has 5 heteroatoms. The summed E-state index contributed by atoms with van der Waals surface area (Å²) in [6.07, 6.45) is 8.07. The van der Waals surface area contributed by atoms with Crippen LogP contribution in [0.25, 0.3) is 27.8 Å². The predicted molar refractivity (Wildman–Crippen MR) is 106 cm³/mol. The molecule has 5 rings (SSSR count). The van der Waals surface area contributed by atoms with Crippen LogP contribution in [0.4, 0.5) is 0 Å². The molecule has 5 nitrogen and oxygen atoms in total. The Bertz CT molecular complexity index is 1100. The number of hydrogen-bond donors (Lipinski definition) is 0. The molecule has 0 atom stereocenters. The lowest BCUT2D eigenvalue weighted by molar-refractivity contribution is 0.159. The number of ether oxygens (including phenoxy) is 1. The first kappa shape index (κ1) is 16.2. The molecule has 0 saturated heterocycles. The van der Waals surface area contributed by atoms with Gasteiger partial charge in [0.2, 0.25) is 0 Å². The Morgan fingerprint density at radius 2 is 1.81 bits per heavy atom.